The Hall–Kier alpha value is -1.85. The molecule has 4 N–H and O–H groups in total. The standard InChI is InChI=1S/C13H23N5O/c1-8(2)12-16-9(14)6-10(17-12)15-7-11(19)18-13(3,4)5/h6,8H,7H2,1-5H3,(H,18,19)(H3,14,15,16,17). The van der Waals surface area contributed by atoms with Crippen molar-refractivity contribution in [2.24, 2.45) is 0 Å². The number of nitrogens with one attached hydrogen (secondary N) is 2. The molecule has 0 spiro atoms. The molecule has 0 bridgehead atoms. The van der Waals surface area contributed by atoms with Crippen molar-refractivity contribution in [1.29, 1.82) is 0 Å². The van der Waals surface area contributed by atoms with Crippen LogP contribution in [0.2, 0.25) is 0 Å². The van der Waals surface area contributed by atoms with E-state index in [4.69, 9.17) is 5.73 Å². The molecule has 0 unspecified atom stereocenters. The first kappa shape index (κ1) is 15.2. The third-order valence-electron chi connectivity index (χ3n) is 2.22. The zero-order valence-electron chi connectivity index (χ0n) is 12.2. The maximum Gasteiger partial charge on any atom is 0.239 e. The van der Waals surface area contributed by atoms with Crippen molar-refractivity contribution in [1.82, 2.24) is 15.3 Å². The summed E-state index contributed by atoms with van der Waals surface area (Å²) in [6, 6.07) is 1.62. The minimum absolute atomic E-state index is 0.0872. The molecule has 0 fully saturated rings. The average Bonchev–Trinajstić information content (AvgIpc) is 2.23. The minimum Gasteiger partial charge on any atom is -0.384 e. The molecule has 1 aromatic rings. The molecule has 0 saturated carbocycles. The monoisotopic (exact) mass is 265 g/mol. The Morgan fingerprint density at radius 2 is 2.00 bits per heavy atom. The highest BCUT2D eigenvalue weighted by Gasteiger charge is 2.13. The third-order valence-corrected chi connectivity index (χ3v) is 2.22. The molecular weight excluding hydrogens is 242 g/mol. The Labute approximate surface area is 114 Å². The summed E-state index contributed by atoms with van der Waals surface area (Å²) in [6.45, 7) is 9.94. The summed E-state index contributed by atoms with van der Waals surface area (Å²) in [6.07, 6.45) is 0. The molecule has 1 amide bonds. The number of amides is 1. The normalized spacial score (nSPS) is 11.5. The van der Waals surface area contributed by atoms with Crippen molar-refractivity contribution in [2.75, 3.05) is 17.6 Å². The van der Waals surface area contributed by atoms with Crippen LogP contribution >= 0.6 is 0 Å². The smallest absolute Gasteiger partial charge is 0.239 e. The van der Waals surface area contributed by atoms with E-state index in [0.717, 1.165) is 0 Å². The van der Waals surface area contributed by atoms with E-state index in [0.29, 0.717) is 17.5 Å². The van der Waals surface area contributed by atoms with Crippen LogP contribution in [-0.4, -0.2) is 28.0 Å². The van der Waals surface area contributed by atoms with Gasteiger partial charge in [-0.15, -0.1) is 0 Å². The maximum atomic E-state index is 11.7. The van der Waals surface area contributed by atoms with E-state index in [1.165, 1.54) is 0 Å². The molecule has 0 radical (unpaired) electrons. The number of hydrogen-bond donors (Lipinski definition) is 3. The summed E-state index contributed by atoms with van der Waals surface area (Å²) in [7, 11) is 0. The summed E-state index contributed by atoms with van der Waals surface area (Å²) in [4.78, 5) is 20.2. The third kappa shape index (κ3) is 5.54. The largest absolute Gasteiger partial charge is 0.384 e. The van der Waals surface area contributed by atoms with Crippen molar-refractivity contribution in [2.45, 2.75) is 46.1 Å². The van der Waals surface area contributed by atoms with Crippen LogP contribution in [0.15, 0.2) is 6.07 Å². The van der Waals surface area contributed by atoms with Gasteiger partial charge in [0.15, 0.2) is 0 Å². The second-order valence-corrected chi connectivity index (χ2v) is 5.84. The molecule has 1 aromatic heterocycles. The van der Waals surface area contributed by atoms with E-state index in [2.05, 4.69) is 20.6 Å². The molecule has 0 atom stereocenters. The van der Waals surface area contributed by atoms with Crippen LogP contribution in [0.5, 0.6) is 0 Å². The van der Waals surface area contributed by atoms with Gasteiger partial charge in [0.05, 0.1) is 6.54 Å². The summed E-state index contributed by atoms with van der Waals surface area (Å²) < 4.78 is 0. The number of nitrogen functional groups attached to an aromatic ring is 1. The highest BCUT2D eigenvalue weighted by molar-refractivity contribution is 5.81. The van der Waals surface area contributed by atoms with Gasteiger partial charge in [-0.2, -0.15) is 0 Å². The maximum absolute atomic E-state index is 11.7. The second kappa shape index (κ2) is 5.86. The van der Waals surface area contributed by atoms with Gasteiger partial charge in [0.1, 0.15) is 17.5 Å². The summed E-state index contributed by atoms with van der Waals surface area (Å²) >= 11 is 0. The Morgan fingerprint density at radius 3 is 2.53 bits per heavy atom. The minimum atomic E-state index is -0.243. The predicted octanol–water partition coefficient (Wildman–Crippen LogP) is 1.51. The number of nitrogens with two attached hydrogens (primary N) is 1. The fraction of sp³-hybridized carbons (Fsp3) is 0.615. The van der Waals surface area contributed by atoms with E-state index < -0.39 is 0 Å². The lowest BCUT2D eigenvalue weighted by Gasteiger charge is -2.20. The van der Waals surface area contributed by atoms with Crippen LogP contribution in [0.1, 0.15) is 46.4 Å². The molecular formula is C13H23N5O. The lowest BCUT2D eigenvalue weighted by atomic mass is 10.1. The van der Waals surface area contributed by atoms with E-state index in [9.17, 15) is 4.79 Å². The Morgan fingerprint density at radius 1 is 1.37 bits per heavy atom. The number of hydrogen-bond acceptors (Lipinski definition) is 5. The number of anilines is 2. The molecule has 19 heavy (non-hydrogen) atoms. The highest BCUT2D eigenvalue weighted by Crippen LogP contribution is 2.14. The molecule has 0 aromatic carbocycles. The van der Waals surface area contributed by atoms with Crippen LogP contribution < -0.4 is 16.4 Å². The fourth-order valence-corrected chi connectivity index (χ4v) is 1.47. The Balaban J connectivity index is 2.65. The SMILES string of the molecule is CC(C)c1nc(N)cc(NCC(=O)NC(C)(C)C)n1. The zero-order valence-corrected chi connectivity index (χ0v) is 12.2. The van der Waals surface area contributed by atoms with Crippen molar-refractivity contribution >= 4 is 17.5 Å². The second-order valence-electron chi connectivity index (χ2n) is 5.84. The average molecular weight is 265 g/mol. The van der Waals surface area contributed by atoms with Gasteiger partial charge < -0.3 is 16.4 Å². The molecule has 6 nitrogen and oxygen atoms in total. The van der Waals surface area contributed by atoms with Crippen molar-refractivity contribution in [3.63, 3.8) is 0 Å². The highest BCUT2D eigenvalue weighted by atomic mass is 16.2. The lowest BCUT2D eigenvalue weighted by Crippen LogP contribution is -2.43. The van der Waals surface area contributed by atoms with Gasteiger partial charge in [0, 0.05) is 17.5 Å². The van der Waals surface area contributed by atoms with Gasteiger partial charge in [0.2, 0.25) is 5.91 Å². The molecule has 6 heteroatoms. The first-order chi connectivity index (χ1) is 8.67. The lowest BCUT2D eigenvalue weighted by molar-refractivity contribution is -0.120. The molecule has 1 rings (SSSR count). The van der Waals surface area contributed by atoms with E-state index in [1.807, 2.05) is 34.6 Å². The van der Waals surface area contributed by atoms with Crippen LogP contribution in [0, 0.1) is 0 Å². The number of nitrogens with zero attached hydrogens (tertiary/aromatic N) is 2. The van der Waals surface area contributed by atoms with Gasteiger partial charge in [-0.1, -0.05) is 13.8 Å². The topological polar surface area (TPSA) is 92.9 Å². The van der Waals surface area contributed by atoms with Gasteiger partial charge in [-0.3, -0.25) is 4.79 Å². The van der Waals surface area contributed by atoms with E-state index >= 15 is 0 Å². The number of rotatable bonds is 4. The van der Waals surface area contributed by atoms with Gasteiger partial charge >= 0.3 is 0 Å². The number of carbonyl (C=O) groups excluding carboxylic acids is 1. The van der Waals surface area contributed by atoms with Gasteiger partial charge in [0.25, 0.3) is 0 Å². The summed E-state index contributed by atoms with van der Waals surface area (Å²) in [5, 5.41) is 5.83. The Kier molecular flexibility index (Phi) is 4.69. The van der Waals surface area contributed by atoms with Crippen LogP contribution in [0.3, 0.4) is 0 Å². The quantitative estimate of drug-likeness (QED) is 0.767. The molecule has 0 saturated heterocycles. The Bertz CT molecular complexity index is 451. The van der Waals surface area contributed by atoms with Crippen LogP contribution in [-0.2, 0) is 4.79 Å². The number of aromatic nitrogens is 2. The molecule has 106 valence electrons. The fourth-order valence-electron chi connectivity index (χ4n) is 1.47. The molecule has 1 heterocycles. The first-order valence-electron chi connectivity index (χ1n) is 6.37. The van der Waals surface area contributed by atoms with Gasteiger partial charge in [-0.05, 0) is 20.8 Å². The van der Waals surface area contributed by atoms with Gasteiger partial charge in [-0.25, -0.2) is 9.97 Å². The molecule has 0 aliphatic heterocycles. The summed E-state index contributed by atoms with van der Waals surface area (Å²) in [5.74, 6) is 1.74. The van der Waals surface area contributed by atoms with Crippen LogP contribution in [0.4, 0.5) is 11.6 Å². The molecule has 0 aliphatic carbocycles. The van der Waals surface area contributed by atoms with Crippen LogP contribution in [0.25, 0.3) is 0 Å². The first-order valence-corrected chi connectivity index (χ1v) is 6.37. The van der Waals surface area contributed by atoms with Crippen molar-refractivity contribution < 1.29 is 4.79 Å². The van der Waals surface area contributed by atoms with E-state index in [-0.39, 0.29) is 23.9 Å². The van der Waals surface area contributed by atoms with E-state index in [1.54, 1.807) is 6.07 Å². The summed E-state index contributed by atoms with van der Waals surface area (Å²) in [5.41, 5.74) is 5.47. The van der Waals surface area contributed by atoms with Crippen molar-refractivity contribution in [3.8, 4) is 0 Å². The van der Waals surface area contributed by atoms with Crippen molar-refractivity contribution in [3.05, 3.63) is 11.9 Å². The number of carbonyl (C=O) groups is 1. The predicted molar refractivity (Wildman–Crippen MR) is 76.9 cm³/mol. The molecule has 0 aliphatic rings. The zero-order chi connectivity index (χ0) is 14.6.